The van der Waals surface area contributed by atoms with E-state index in [1.165, 1.54) is 6.07 Å². The van der Waals surface area contributed by atoms with E-state index >= 15 is 0 Å². The lowest BCUT2D eigenvalue weighted by molar-refractivity contribution is 0.590. The van der Waals surface area contributed by atoms with Crippen LogP contribution in [0.5, 0.6) is 0 Å². The first kappa shape index (κ1) is 14.5. The van der Waals surface area contributed by atoms with Crippen molar-refractivity contribution < 1.29 is 4.39 Å². The number of rotatable bonds is 4. The van der Waals surface area contributed by atoms with E-state index in [1.54, 1.807) is 12.1 Å². The van der Waals surface area contributed by atoms with E-state index in [9.17, 15) is 4.39 Å². The Hall–Kier alpha value is -0.900. The average Bonchev–Trinajstić information content (AvgIpc) is 2.40. The van der Waals surface area contributed by atoms with Crippen molar-refractivity contribution in [3.05, 3.63) is 68.9 Å². The number of benzene rings is 2. The van der Waals surface area contributed by atoms with Crippen molar-refractivity contribution in [2.24, 2.45) is 5.73 Å². The standard InChI is InChI=1S/C15H14BrClFN/c16-13-5-2-1-4-11(13)10(9-19)8-12-14(17)6-3-7-15(12)18/h1-7,10H,8-9,19H2. The predicted octanol–water partition coefficient (Wildman–Crippen LogP) is 4.53. The first-order valence-electron chi connectivity index (χ1n) is 6.01. The van der Waals surface area contributed by atoms with Crippen molar-refractivity contribution in [1.29, 1.82) is 0 Å². The van der Waals surface area contributed by atoms with Crippen LogP contribution in [0.15, 0.2) is 46.9 Å². The van der Waals surface area contributed by atoms with Gasteiger partial charge in [0.2, 0.25) is 0 Å². The predicted molar refractivity (Wildman–Crippen MR) is 81.1 cm³/mol. The van der Waals surface area contributed by atoms with Gasteiger partial charge in [0.25, 0.3) is 0 Å². The van der Waals surface area contributed by atoms with Crippen LogP contribution in [0.3, 0.4) is 0 Å². The van der Waals surface area contributed by atoms with Gasteiger partial charge in [-0.1, -0.05) is 51.8 Å². The molecule has 0 aliphatic carbocycles. The van der Waals surface area contributed by atoms with Crippen molar-refractivity contribution in [1.82, 2.24) is 0 Å². The first-order chi connectivity index (χ1) is 9.13. The first-order valence-corrected chi connectivity index (χ1v) is 7.18. The van der Waals surface area contributed by atoms with Gasteiger partial charge in [-0.25, -0.2) is 4.39 Å². The minimum absolute atomic E-state index is 0.0324. The summed E-state index contributed by atoms with van der Waals surface area (Å²) in [4.78, 5) is 0. The second-order valence-electron chi connectivity index (χ2n) is 4.36. The molecule has 1 nitrogen and oxygen atoms in total. The summed E-state index contributed by atoms with van der Waals surface area (Å²) in [6.45, 7) is 0.438. The number of hydrogen-bond acceptors (Lipinski definition) is 1. The Morgan fingerprint density at radius 1 is 1.16 bits per heavy atom. The third kappa shape index (κ3) is 3.35. The SMILES string of the molecule is NCC(Cc1c(F)cccc1Cl)c1ccccc1Br. The van der Waals surface area contributed by atoms with E-state index in [0.717, 1.165) is 10.0 Å². The van der Waals surface area contributed by atoms with Crippen LogP contribution in [-0.4, -0.2) is 6.54 Å². The Kier molecular flexibility index (Phi) is 4.97. The molecule has 2 rings (SSSR count). The van der Waals surface area contributed by atoms with Crippen LogP contribution in [0, 0.1) is 5.82 Å². The van der Waals surface area contributed by atoms with E-state index in [0.29, 0.717) is 23.6 Å². The maximum atomic E-state index is 13.8. The Morgan fingerprint density at radius 3 is 2.53 bits per heavy atom. The molecule has 0 fully saturated rings. The zero-order valence-corrected chi connectivity index (χ0v) is 12.6. The molecular weight excluding hydrogens is 329 g/mol. The Bertz CT molecular complexity index is 554. The molecule has 1 unspecified atom stereocenters. The van der Waals surface area contributed by atoms with Gasteiger partial charge in [0.15, 0.2) is 0 Å². The maximum Gasteiger partial charge on any atom is 0.127 e. The summed E-state index contributed by atoms with van der Waals surface area (Å²) < 4.78 is 14.8. The van der Waals surface area contributed by atoms with E-state index in [-0.39, 0.29) is 11.7 Å². The molecule has 0 aliphatic rings. The van der Waals surface area contributed by atoms with Crippen molar-refractivity contribution >= 4 is 27.5 Å². The van der Waals surface area contributed by atoms with E-state index in [2.05, 4.69) is 15.9 Å². The van der Waals surface area contributed by atoms with E-state index in [1.807, 2.05) is 24.3 Å². The summed E-state index contributed by atoms with van der Waals surface area (Å²) in [5, 5.41) is 0.450. The fourth-order valence-electron chi connectivity index (χ4n) is 2.10. The lowest BCUT2D eigenvalue weighted by Crippen LogP contribution is -2.16. The molecule has 100 valence electrons. The fraction of sp³-hybridized carbons (Fsp3) is 0.200. The molecule has 0 bridgehead atoms. The smallest absolute Gasteiger partial charge is 0.127 e. The van der Waals surface area contributed by atoms with Gasteiger partial charge in [0, 0.05) is 21.0 Å². The minimum atomic E-state index is -0.280. The lowest BCUT2D eigenvalue weighted by Gasteiger charge is -2.18. The summed E-state index contributed by atoms with van der Waals surface area (Å²) in [5.74, 6) is -0.247. The highest BCUT2D eigenvalue weighted by molar-refractivity contribution is 9.10. The van der Waals surface area contributed by atoms with Crippen molar-refractivity contribution in [2.45, 2.75) is 12.3 Å². The molecular formula is C15H14BrClFN. The zero-order valence-electron chi connectivity index (χ0n) is 10.2. The highest BCUT2D eigenvalue weighted by atomic mass is 79.9. The zero-order chi connectivity index (χ0) is 13.8. The Labute approximate surface area is 125 Å². The third-order valence-corrected chi connectivity index (χ3v) is 4.22. The van der Waals surface area contributed by atoms with Crippen LogP contribution in [0.1, 0.15) is 17.0 Å². The highest BCUT2D eigenvalue weighted by Gasteiger charge is 2.17. The quantitative estimate of drug-likeness (QED) is 0.868. The Balaban J connectivity index is 2.32. The van der Waals surface area contributed by atoms with Crippen LogP contribution >= 0.6 is 27.5 Å². The van der Waals surface area contributed by atoms with Crippen LogP contribution in [0.4, 0.5) is 4.39 Å². The average molecular weight is 343 g/mol. The van der Waals surface area contributed by atoms with Gasteiger partial charge < -0.3 is 5.73 Å². The van der Waals surface area contributed by atoms with Gasteiger partial charge in [-0.2, -0.15) is 0 Å². The molecule has 0 heterocycles. The molecule has 2 aromatic carbocycles. The lowest BCUT2D eigenvalue weighted by atomic mass is 9.92. The van der Waals surface area contributed by atoms with Gasteiger partial charge in [-0.15, -0.1) is 0 Å². The molecule has 0 amide bonds. The molecule has 19 heavy (non-hydrogen) atoms. The van der Waals surface area contributed by atoms with Crippen molar-refractivity contribution in [3.8, 4) is 0 Å². The minimum Gasteiger partial charge on any atom is -0.330 e. The monoisotopic (exact) mass is 341 g/mol. The molecule has 0 saturated carbocycles. The largest absolute Gasteiger partial charge is 0.330 e. The van der Waals surface area contributed by atoms with Crippen LogP contribution < -0.4 is 5.73 Å². The van der Waals surface area contributed by atoms with Gasteiger partial charge in [-0.3, -0.25) is 0 Å². The summed E-state index contributed by atoms with van der Waals surface area (Å²) in [6, 6.07) is 12.6. The summed E-state index contributed by atoms with van der Waals surface area (Å²) >= 11 is 9.57. The highest BCUT2D eigenvalue weighted by Crippen LogP contribution is 2.30. The molecule has 0 radical (unpaired) electrons. The molecule has 1 atom stereocenters. The normalized spacial score (nSPS) is 12.4. The molecule has 0 spiro atoms. The third-order valence-electron chi connectivity index (χ3n) is 3.14. The second-order valence-corrected chi connectivity index (χ2v) is 5.62. The maximum absolute atomic E-state index is 13.8. The van der Waals surface area contributed by atoms with Crippen molar-refractivity contribution in [2.75, 3.05) is 6.54 Å². The molecule has 0 aromatic heterocycles. The van der Waals surface area contributed by atoms with Crippen LogP contribution in [0.25, 0.3) is 0 Å². The fourth-order valence-corrected chi connectivity index (χ4v) is 2.95. The van der Waals surface area contributed by atoms with Crippen LogP contribution in [0.2, 0.25) is 5.02 Å². The number of nitrogens with two attached hydrogens (primary N) is 1. The summed E-state index contributed by atoms with van der Waals surface area (Å²) in [7, 11) is 0. The molecule has 2 aromatic rings. The van der Waals surface area contributed by atoms with Gasteiger partial charge >= 0.3 is 0 Å². The summed E-state index contributed by atoms with van der Waals surface area (Å²) in [6.07, 6.45) is 0.491. The van der Waals surface area contributed by atoms with Gasteiger partial charge in [0.05, 0.1) is 0 Å². The number of halogens is 3. The van der Waals surface area contributed by atoms with Crippen molar-refractivity contribution in [3.63, 3.8) is 0 Å². The van der Waals surface area contributed by atoms with Crippen LogP contribution in [-0.2, 0) is 6.42 Å². The summed E-state index contributed by atoms with van der Waals surface area (Å²) in [5.41, 5.74) is 7.43. The van der Waals surface area contributed by atoms with Gasteiger partial charge in [-0.05, 0) is 36.7 Å². The second kappa shape index (κ2) is 6.51. The Morgan fingerprint density at radius 2 is 1.89 bits per heavy atom. The molecule has 4 heteroatoms. The molecule has 2 N–H and O–H groups in total. The molecule has 0 aliphatic heterocycles. The van der Waals surface area contributed by atoms with E-state index < -0.39 is 0 Å². The molecule has 0 saturated heterocycles. The number of hydrogen-bond donors (Lipinski definition) is 1. The van der Waals surface area contributed by atoms with Gasteiger partial charge in [0.1, 0.15) is 5.82 Å². The topological polar surface area (TPSA) is 26.0 Å². The van der Waals surface area contributed by atoms with E-state index in [4.69, 9.17) is 17.3 Å².